The molecule has 1 rings (SSSR count). The monoisotopic (exact) mass is 170 g/mol. The second kappa shape index (κ2) is 4.63. The van der Waals surface area contributed by atoms with Crippen molar-refractivity contribution < 1.29 is 9.59 Å². The Morgan fingerprint density at radius 2 is 1.09 bits per heavy atom. The van der Waals surface area contributed by atoms with Gasteiger partial charge in [-0.05, 0) is 0 Å². The van der Waals surface area contributed by atoms with E-state index in [1.807, 2.05) is 0 Å². The minimum absolute atomic E-state index is 0. The number of rotatable bonds is 2. The van der Waals surface area contributed by atoms with E-state index >= 15 is 0 Å². The summed E-state index contributed by atoms with van der Waals surface area (Å²) >= 11 is 0. The van der Waals surface area contributed by atoms with E-state index in [0.29, 0.717) is 11.1 Å². The molecule has 3 heteroatoms. The molecule has 1 aromatic carbocycles. The quantitative estimate of drug-likeness (QED) is 0.634. The molecule has 0 fully saturated rings. The van der Waals surface area contributed by atoms with Crippen molar-refractivity contribution in [3.63, 3.8) is 0 Å². The minimum Gasteiger partial charge on any atom is -0.298 e. The molecule has 0 heterocycles. The van der Waals surface area contributed by atoms with Gasteiger partial charge in [0.05, 0.1) is 0 Å². The largest absolute Gasteiger partial charge is 0.298 e. The third-order valence-corrected chi connectivity index (χ3v) is 1.21. The van der Waals surface area contributed by atoms with Gasteiger partial charge in [-0.3, -0.25) is 9.59 Å². The summed E-state index contributed by atoms with van der Waals surface area (Å²) < 4.78 is 0. The molecule has 0 aliphatic carbocycles. The van der Waals surface area contributed by atoms with E-state index in [-0.39, 0.29) is 12.4 Å². The Bertz CT molecular complexity index is 214. The van der Waals surface area contributed by atoms with Crippen molar-refractivity contribution in [1.82, 2.24) is 0 Å². The van der Waals surface area contributed by atoms with E-state index in [1.165, 1.54) is 0 Å². The van der Waals surface area contributed by atoms with Gasteiger partial charge in [0, 0.05) is 11.1 Å². The topological polar surface area (TPSA) is 34.1 Å². The van der Waals surface area contributed by atoms with Crippen molar-refractivity contribution in [2.24, 2.45) is 0 Å². The maximum Gasteiger partial charge on any atom is 0.150 e. The highest BCUT2D eigenvalue weighted by molar-refractivity contribution is 5.85. The first kappa shape index (κ1) is 9.85. The number of carbonyl (C=O) groups excluding carboxylic acids is 2. The van der Waals surface area contributed by atoms with Crippen LogP contribution in [0.3, 0.4) is 0 Å². The molecule has 0 N–H and O–H groups in total. The number of halogens is 1. The van der Waals surface area contributed by atoms with Crippen molar-refractivity contribution >= 4 is 25.0 Å². The number of hydrogen-bond acceptors (Lipinski definition) is 2. The van der Waals surface area contributed by atoms with E-state index < -0.39 is 0 Å². The highest BCUT2D eigenvalue weighted by Crippen LogP contribution is 1.98. The minimum atomic E-state index is 0. The smallest absolute Gasteiger partial charge is 0.150 e. The normalized spacial score (nSPS) is 8.00. The summed E-state index contributed by atoms with van der Waals surface area (Å²) in [5.74, 6) is 0. The van der Waals surface area contributed by atoms with Crippen LogP contribution in [-0.2, 0) is 0 Å². The molecule has 0 aliphatic rings. The summed E-state index contributed by atoms with van der Waals surface area (Å²) in [6.45, 7) is 0. The van der Waals surface area contributed by atoms with E-state index in [4.69, 9.17) is 0 Å². The lowest BCUT2D eigenvalue weighted by molar-refractivity contribution is 0.111. The van der Waals surface area contributed by atoms with Gasteiger partial charge in [0.1, 0.15) is 12.6 Å². The molecule has 0 unspecified atom stereocenters. The van der Waals surface area contributed by atoms with E-state index in [1.54, 1.807) is 24.3 Å². The Labute approximate surface area is 70.6 Å². The van der Waals surface area contributed by atoms with Gasteiger partial charge in [0.15, 0.2) is 0 Å². The van der Waals surface area contributed by atoms with Crippen LogP contribution >= 0.6 is 12.4 Å². The van der Waals surface area contributed by atoms with Crippen LogP contribution in [0.4, 0.5) is 0 Å². The first-order valence-electron chi connectivity index (χ1n) is 2.87. The van der Waals surface area contributed by atoms with Crippen LogP contribution in [-0.4, -0.2) is 12.6 Å². The molecule has 0 aromatic heterocycles. The van der Waals surface area contributed by atoms with Crippen molar-refractivity contribution in [2.45, 2.75) is 0 Å². The highest BCUT2D eigenvalue weighted by atomic mass is 35.5. The van der Waals surface area contributed by atoms with Crippen molar-refractivity contribution in [1.29, 1.82) is 0 Å². The van der Waals surface area contributed by atoms with E-state index in [9.17, 15) is 9.59 Å². The molecule has 11 heavy (non-hydrogen) atoms. The molecule has 2 nitrogen and oxygen atoms in total. The van der Waals surface area contributed by atoms with Crippen LogP contribution in [0, 0.1) is 0 Å². The molecule has 0 radical (unpaired) electrons. The van der Waals surface area contributed by atoms with Gasteiger partial charge in [0.25, 0.3) is 0 Å². The van der Waals surface area contributed by atoms with Crippen LogP contribution in [0.2, 0.25) is 0 Å². The van der Waals surface area contributed by atoms with E-state index in [0.717, 1.165) is 12.6 Å². The SMILES string of the molecule is Cl.O=Cc1ccc(C=O)cc1. The number of aldehydes is 2. The molecule has 0 amide bonds. The summed E-state index contributed by atoms with van der Waals surface area (Å²) in [6, 6.07) is 6.43. The Morgan fingerprint density at radius 3 is 1.27 bits per heavy atom. The van der Waals surface area contributed by atoms with Gasteiger partial charge in [-0.1, -0.05) is 24.3 Å². The molecule has 0 saturated heterocycles. The zero-order valence-electron chi connectivity index (χ0n) is 5.69. The summed E-state index contributed by atoms with van der Waals surface area (Å²) in [4.78, 5) is 20.2. The fraction of sp³-hybridized carbons (Fsp3) is 0. The van der Waals surface area contributed by atoms with Gasteiger partial charge in [-0.2, -0.15) is 0 Å². The summed E-state index contributed by atoms with van der Waals surface area (Å²) in [5.41, 5.74) is 1.18. The number of hydrogen-bond donors (Lipinski definition) is 0. The molecular weight excluding hydrogens is 164 g/mol. The van der Waals surface area contributed by atoms with Gasteiger partial charge in [0.2, 0.25) is 0 Å². The third kappa shape index (κ3) is 2.51. The lowest BCUT2D eigenvalue weighted by atomic mass is 10.2. The summed E-state index contributed by atoms with van der Waals surface area (Å²) in [6.07, 6.45) is 1.49. The Morgan fingerprint density at radius 1 is 0.818 bits per heavy atom. The Balaban J connectivity index is 0.000001000. The molecule has 1 aromatic rings. The molecule has 0 saturated carbocycles. The lowest BCUT2D eigenvalue weighted by Crippen LogP contribution is -1.81. The number of carbonyl (C=O) groups is 2. The second-order valence-corrected chi connectivity index (χ2v) is 1.90. The fourth-order valence-electron chi connectivity index (χ4n) is 0.653. The fourth-order valence-corrected chi connectivity index (χ4v) is 0.653. The second-order valence-electron chi connectivity index (χ2n) is 1.90. The van der Waals surface area contributed by atoms with Gasteiger partial charge < -0.3 is 0 Å². The van der Waals surface area contributed by atoms with Crippen LogP contribution in [0.25, 0.3) is 0 Å². The van der Waals surface area contributed by atoms with Gasteiger partial charge in [-0.25, -0.2) is 0 Å². The average molecular weight is 171 g/mol. The number of benzene rings is 1. The standard InChI is InChI=1S/C8H6O2.ClH/c9-5-7-1-2-8(6-10)4-3-7;/h1-6H;1H. The highest BCUT2D eigenvalue weighted by Gasteiger charge is 1.88. The summed E-state index contributed by atoms with van der Waals surface area (Å²) in [5, 5.41) is 0. The maximum atomic E-state index is 10.1. The molecule has 0 aliphatic heterocycles. The maximum absolute atomic E-state index is 10.1. The van der Waals surface area contributed by atoms with Crippen LogP contribution in [0.5, 0.6) is 0 Å². The zero-order chi connectivity index (χ0) is 7.40. The summed E-state index contributed by atoms with van der Waals surface area (Å²) in [7, 11) is 0. The first-order valence-corrected chi connectivity index (χ1v) is 2.87. The van der Waals surface area contributed by atoms with Crippen LogP contribution in [0.15, 0.2) is 24.3 Å². The van der Waals surface area contributed by atoms with Crippen LogP contribution in [0.1, 0.15) is 20.7 Å². The molecule has 0 spiro atoms. The molecule has 58 valence electrons. The predicted octanol–water partition coefficient (Wildman–Crippen LogP) is 1.73. The van der Waals surface area contributed by atoms with Crippen LogP contribution < -0.4 is 0 Å². The third-order valence-electron chi connectivity index (χ3n) is 1.21. The Hall–Kier alpha value is -1.15. The Kier molecular flexibility index (Phi) is 4.15. The molecular formula is C8H7ClO2. The molecule has 0 bridgehead atoms. The van der Waals surface area contributed by atoms with E-state index in [2.05, 4.69) is 0 Å². The van der Waals surface area contributed by atoms with Gasteiger partial charge >= 0.3 is 0 Å². The van der Waals surface area contributed by atoms with Gasteiger partial charge in [-0.15, -0.1) is 12.4 Å². The van der Waals surface area contributed by atoms with Crippen molar-refractivity contribution in [2.75, 3.05) is 0 Å². The average Bonchev–Trinajstić information content (AvgIpc) is 2.05. The lowest BCUT2D eigenvalue weighted by Gasteiger charge is -1.88. The first-order chi connectivity index (χ1) is 4.86. The van der Waals surface area contributed by atoms with Crippen molar-refractivity contribution in [3.8, 4) is 0 Å². The zero-order valence-corrected chi connectivity index (χ0v) is 6.51. The van der Waals surface area contributed by atoms with Crippen molar-refractivity contribution in [3.05, 3.63) is 35.4 Å². The predicted molar refractivity (Wildman–Crippen MR) is 44.5 cm³/mol. The molecule has 0 atom stereocenters.